The van der Waals surface area contributed by atoms with Crippen molar-refractivity contribution < 1.29 is 22.7 Å². The molecule has 1 atom stereocenters. The van der Waals surface area contributed by atoms with Gasteiger partial charge in [-0.3, -0.25) is 0 Å². The molecule has 92 valence electrons. The van der Waals surface area contributed by atoms with Gasteiger partial charge in [-0.05, 0) is 12.1 Å². The largest absolute Gasteiger partial charge is 0.444 e. The summed E-state index contributed by atoms with van der Waals surface area (Å²) in [6.45, 7) is 0. The predicted octanol–water partition coefficient (Wildman–Crippen LogP) is 3.81. The van der Waals surface area contributed by atoms with Gasteiger partial charge in [0.1, 0.15) is 5.75 Å². The molecule has 1 rings (SSSR count). The standard InChI is InChI=1S/C9H4Cl2F3NO2/c10-6-2-1-5(3-7(6)15-4-16)17-9(13,14)8(11)12/h1-3,8H. The number of nitrogens with zero attached hydrogens (tertiary/aromatic N) is 1. The highest BCUT2D eigenvalue weighted by Gasteiger charge is 2.42. The van der Waals surface area contributed by atoms with Crippen LogP contribution in [0.4, 0.5) is 18.9 Å². The van der Waals surface area contributed by atoms with Gasteiger partial charge in [0.15, 0.2) is 0 Å². The molecule has 0 spiro atoms. The molecule has 0 saturated heterocycles. The van der Waals surface area contributed by atoms with Gasteiger partial charge >= 0.3 is 6.11 Å². The van der Waals surface area contributed by atoms with E-state index in [1.807, 2.05) is 0 Å². The number of rotatable bonds is 4. The second-order valence-corrected chi connectivity index (χ2v) is 3.57. The van der Waals surface area contributed by atoms with Crippen LogP contribution in [0, 0.1) is 0 Å². The van der Waals surface area contributed by atoms with Crippen molar-refractivity contribution in [1.29, 1.82) is 0 Å². The van der Waals surface area contributed by atoms with Crippen molar-refractivity contribution in [3.8, 4) is 5.75 Å². The van der Waals surface area contributed by atoms with Gasteiger partial charge in [0, 0.05) is 6.07 Å². The Kier molecular flexibility index (Phi) is 4.40. The van der Waals surface area contributed by atoms with Crippen molar-refractivity contribution in [3.05, 3.63) is 23.2 Å². The quantitative estimate of drug-likeness (QED) is 0.479. The van der Waals surface area contributed by atoms with Gasteiger partial charge in [-0.1, -0.05) is 23.2 Å². The fourth-order valence-electron chi connectivity index (χ4n) is 0.892. The van der Waals surface area contributed by atoms with Crippen LogP contribution in [0.3, 0.4) is 0 Å². The van der Waals surface area contributed by atoms with E-state index in [9.17, 15) is 18.0 Å². The zero-order valence-corrected chi connectivity index (χ0v) is 9.47. The number of benzene rings is 1. The maximum atomic E-state index is 12.8. The van der Waals surface area contributed by atoms with E-state index in [0.717, 1.165) is 18.2 Å². The second kappa shape index (κ2) is 5.40. The molecule has 0 amide bonds. The molecule has 1 unspecified atom stereocenters. The van der Waals surface area contributed by atoms with Gasteiger partial charge in [0.05, 0.1) is 10.7 Å². The van der Waals surface area contributed by atoms with Crippen molar-refractivity contribution in [1.82, 2.24) is 0 Å². The third kappa shape index (κ3) is 3.63. The number of ether oxygens (including phenoxy) is 1. The van der Waals surface area contributed by atoms with E-state index in [1.54, 1.807) is 0 Å². The van der Waals surface area contributed by atoms with E-state index >= 15 is 0 Å². The molecule has 0 aromatic heterocycles. The van der Waals surface area contributed by atoms with Crippen LogP contribution < -0.4 is 4.74 Å². The van der Waals surface area contributed by atoms with Crippen molar-refractivity contribution in [2.75, 3.05) is 0 Å². The minimum Gasteiger partial charge on any atom is -0.429 e. The van der Waals surface area contributed by atoms with Crippen LogP contribution in [-0.2, 0) is 4.79 Å². The highest BCUT2D eigenvalue weighted by atomic mass is 35.5. The average Bonchev–Trinajstić information content (AvgIpc) is 2.23. The lowest BCUT2D eigenvalue weighted by molar-refractivity contribution is -0.198. The SMILES string of the molecule is O=C=Nc1cc(OC(F)(F)C(F)Cl)ccc1Cl. The molecule has 0 saturated carbocycles. The molecule has 3 nitrogen and oxygen atoms in total. The molecule has 0 fully saturated rings. The summed E-state index contributed by atoms with van der Waals surface area (Å²) in [4.78, 5) is 13.2. The van der Waals surface area contributed by atoms with Gasteiger partial charge in [-0.25, -0.2) is 9.18 Å². The summed E-state index contributed by atoms with van der Waals surface area (Å²) >= 11 is 10.2. The van der Waals surface area contributed by atoms with E-state index in [2.05, 4.69) is 21.3 Å². The fourth-order valence-corrected chi connectivity index (χ4v) is 1.10. The van der Waals surface area contributed by atoms with E-state index < -0.39 is 17.5 Å². The van der Waals surface area contributed by atoms with Crippen molar-refractivity contribution in [3.63, 3.8) is 0 Å². The second-order valence-electron chi connectivity index (χ2n) is 2.78. The molecule has 17 heavy (non-hydrogen) atoms. The third-order valence-electron chi connectivity index (χ3n) is 1.59. The Morgan fingerprint density at radius 1 is 1.47 bits per heavy atom. The van der Waals surface area contributed by atoms with Crippen molar-refractivity contribution >= 4 is 35.0 Å². The Hall–Kier alpha value is -1.23. The number of isocyanates is 1. The van der Waals surface area contributed by atoms with Crippen LogP contribution in [0.2, 0.25) is 5.02 Å². The molecule has 1 aromatic rings. The molecule has 0 aliphatic heterocycles. The highest BCUT2D eigenvalue weighted by Crippen LogP contribution is 2.33. The predicted molar refractivity (Wildman–Crippen MR) is 55.6 cm³/mol. The summed E-state index contributed by atoms with van der Waals surface area (Å²) in [5, 5.41) is 0.0340. The smallest absolute Gasteiger partial charge is 0.429 e. The number of halogens is 5. The molecule has 0 bridgehead atoms. The van der Waals surface area contributed by atoms with Crippen molar-refractivity contribution in [2.45, 2.75) is 11.7 Å². The van der Waals surface area contributed by atoms with E-state index in [4.69, 9.17) is 11.6 Å². The van der Waals surface area contributed by atoms with Crippen LogP contribution in [0.5, 0.6) is 5.75 Å². The molecule has 0 N–H and O–H groups in total. The molecule has 1 aromatic carbocycles. The van der Waals surface area contributed by atoms with Gasteiger partial charge in [0.25, 0.3) is 5.63 Å². The summed E-state index contributed by atoms with van der Waals surface area (Å²) in [5.74, 6) is -0.434. The Labute approximate surface area is 104 Å². The number of carbonyl (C=O) groups excluding carboxylic acids is 1. The first-order valence-corrected chi connectivity index (χ1v) is 4.90. The Morgan fingerprint density at radius 3 is 2.65 bits per heavy atom. The lowest BCUT2D eigenvalue weighted by atomic mass is 10.3. The molecular formula is C9H4Cl2F3NO2. The number of hydrogen-bond donors (Lipinski definition) is 0. The summed E-state index contributed by atoms with van der Waals surface area (Å²) in [6, 6.07) is 3.14. The average molecular weight is 286 g/mol. The van der Waals surface area contributed by atoms with Gasteiger partial charge in [-0.2, -0.15) is 13.8 Å². The first-order valence-electron chi connectivity index (χ1n) is 4.09. The van der Waals surface area contributed by atoms with Crippen LogP contribution in [0.25, 0.3) is 0 Å². The van der Waals surface area contributed by atoms with Crippen LogP contribution in [-0.4, -0.2) is 17.8 Å². The minimum atomic E-state index is -4.20. The first kappa shape index (κ1) is 13.8. The number of alkyl halides is 4. The minimum absolute atomic E-state index is 0.0340. The Balaban J connectivity index is 3.01. The summed E-state index contributed by atoms with van der Waals surface area (Å²) in [5.41, 5.74) is -3.13. The summed E-state index contributed by atoms with van der Waals surface area (Å²) < 4.78 is 41.8. The molecule has 8 heteroatoms. The molecular weight excluding hydrogens is 282 g/mol. The zero-order chi connectivity index (χ0) is 13.1. The molecule has 0 radical (unpaired) electrons. The van der Waals surface area contributed by atoms with Crippen LogP contribution in [0.1, 0.15) is 0 Å². The normalized spacial score (nSPS) is 12.8. The van der Waals surface area contributed by atoms with Crippen LogP contribution >= 0.6 is 23.2 Å². The van der Waals surface area contributed by atoms with E-state index in [-0.39, 0.29) is 10.7 Å². The maximum Gasteiger partial charge on any atom is 0.444 e. The first-order chi connectivity index (χ1) is 7.86. The zero-order valence-electron chi connectivity index (χ0n) is 7.96. The summed E-state index contributed by atoms with van der Waals surface area (Å²) in [6.07, 6.45) is -3.01. The summed E-state index contributed by atoms with van der Waals surface area (Å²) in [7, 11) is 0. The number of aliphatic imine (C=N–C) groups is 1. The highest BCUT2D eigenvalue weighted by molar-refractivity contribution is 6.33. The van der Waals surface area contributed by atoms with E-state index in [0.29, 0.717) is 0 Å². The molecule has 0 aliphatic carbocycles. The third-order valence-corrected chi connectivity index (χ3v) is 2.17. The lowest BCUT2D eigenvalue weighted by Gasteiger charge is -2.17. The number of hydrogen-bond acceptors (Lipinski definition) is 3. The van der Waals surface area contributed by atoms with Crippen molar-refractivity contribution in [2.24, 2.45) is 4.99 Å². The monoisotopic (exact) mass is 285 g/mol. The van der Waals surface area contributed by atoms with Gasteiger partial charge < -0.3 is 4.74 Å². The van der Waals surface area contributed by atoms with Gasteiger partial charge in [0.2, 0.25) is 6.08 Å². The Bertz CT molecular complexity index is 462. The fraction of sp³-hybridized carbons (Fsp3) is 0.222. The maximum absolute atomic E-state index is 12.8. The van der Waals surface area contributed by atoms with Gasteiger partial charge in [-0.15, -0.1) is 0 Å². The van der Waals surface area contributed by atoms with Crippen LogP contribution in [0.15, 0.2) is 23.2 Å². The molecule has 0 heterocycles. The Morgan fingerprint density at radius 2 is 2.12 bits per heavy atom. The van der Waals surface area contributed by atoms with E-state index in [1.165, 1.54) is 6.08 Å². The topological polar surface area (TPSA) is 38.7 Å². The lowest BCUT2D eigenvalue weighted by Crippen LogP contribution is -2.32. The molecule has 0 aliphatic rings.